The van der Waals surface area contributed by atoms with Gasteiger partial charge in [0.25, 0.3) is 0 Å². The van der Waals surface area contributed by atoms with Crippen LogP contribution in [-0.2, 0) is 0 Å². The van der Waals surface area contributed by atoms with E-state index in [9.17, 15) is 5.11 Å². The minimum atomic E-state index is -0.332. The lowest BCUT2D eigenvalue weighted by Crippen LogP contribution is -2.22. The smallest absolute Gasteiger partial charge is 0.231 e. The highest BCUT2D eigenvalue weighted by atomic mass is 16.3. The predicted molar refractivity (Wildman–Crippen MR) is 123 cm³/mol. The van der Waals surface area contributed by atoms with Crippen LogP contribution in [0.25, 0.3) is 11.2 Å². The van der Waals surface area contributed by atoms with Crippen LogP contribution in [0.5, 0.6) is 0 Å². The summed E-state index contributed by atoms with van der Waals surface area (Å²) in [4.78, 5) is 13.9. The molecule has 0 amide bonds. The van der Waals surface area contributed by atoms with Crippen LogP contribution < -0.4 is 10.6 Å². The van der Waals surface area contributed by atoms with E-state index in [4.69, 9.17) is 4.98 Å². The molecule has 3 unspecified atom stereocenters. The molecule has 0 saturated heterocycles. The normalized spacial score (nSPS) is 23.8. The lowest BCUT2D eigenvalue weighted by molar-refractivity contribution is 0.0887. The van der Waals surface area contributed by atoms with Gasteiger partial charge in [0.1, 0.15) is 0 Å². The van der Waals surface area contributed by atoms with E-state index < -0.39 is 0 Å². The summed E-state index contributed by atoms with van der Waals surface area (Å²) in [6.45, 7) is 16.6. The molecule has 1 aliphatic rings. The monoisotopic (exact) mass is 412 g/mol. The maximum atomic E-state index is 10.9. The second-order valence-corrected chi connectivity index (χ2v) is 8.83. The first-order valence-electron chi connectivity index (χ1n) is 11.0. The number of hydrogen-bond donors (Lipinski definition) is 3. The standard InChI is InChI=1S/C23H36N6O/c1-8-14(4)9-10-17-11-18(15(5)20(17)30)29-12-25-19-21(24-7)27-23(28-22(19)29)26-16(6)13(2)3/h12-13,15,17-18,20,30H,4,6,8-11H2,1-3,5,7H3,(H2,24,26,27,28)/t15?,17?,18?,20-/m0/s1. The van der Waals surface area contributed by atoms with Crippen LogP contribution in [0.4, 0.5) is 11.8 Å². The van der Waals surface area contributed by atoms with Gasteiger partial charge in [-0.1, -0.05) is 46.4 Å². The van der Waals surface area contributed by atoms with Crippen molar-refractivity contribution in [2.45, 2.75) is 65.5 Å². The number of aliphatic hydroxyl groups excluding tert-OH is 1. The Morgan fingerprint density at radius 2 is 2.07 bits per heavy atom. The zero-order valence-corrected chi connectivity index (χ0v) is 18.9. The maximum Gasteiger partial charge on any atom is 0.231 e. The summed E-state index contributed by atoms with van der Waals surface area (Å²) >= 11 is 0. The Labute approximate surface area is 179 Å². The van der Waals surface area contributed by atoms with Gasteiger partial charge in [0.05, 0.1) is 12.4 Å². The number of fused-ring (bicyclic) bond motifs is 1. The highest BCUT2D eigenvalue weighted by molar-refractivity contribution is 5.84. The van der Waals surface area contributed by atoms with Crippen LogP contribution in [0.3, 0.4) is 0 Å². The molecular weight excluding hydrogens is 376 g/mol. The quantitative estimate of drug-likeness (QED) is 0.515. The third kappa shape index (κ3) is 4.36. The number of nitrogens with one attached hydrogen (secondary N) is 2. The summed E-state index contributed by atoms with van der Waals surface area (Å²) < 4.78 is 2.11. The molecule has 0 radical (unpaired) electrons. The van der Waals surface area contributed by atoms with Crippen LogP contribution in [0, 0.1) is 17.8 Å². The van der Waals surface area contributed by atoms with Gasteiger partial charge in [-0.2, -0.15) is 9.97 Å². The first-order chi connectivity index (χ1) is 14.3. The Hall–Kier alpha value is -2.41. The number of rotatable bonds is 9. The van der Waals surface area contributed by atoms with Gasteiger partial charge >= 0.3 is 0 Å². The van der Waals surface area contributed by atoms with Crippen molar-refractivity contribution in [3.8, 4) is 0 Å². The number of allylic oxidation sites excluding steroid dienone is 2. The SMILES string of the molecule is C=C(CC)CCC1CC(n2cnc3c(NC)nc(NC(=C)C(C)C)nc32)C(C)[C@@H]1O. The van der Waals surface area contributed by atoms with Gasteiger partial charge in [-0.15, -0.1) is 0 Å². The maximum absolute atomic E-state index is 10.9. The van der Waals surface area contributed by atoms with Crippen molar-refractivity contribution in [3.63, 3.8) is 0 Å². The van der Waals surface area contributed by atoms with Gasteiger partial charge in [0, 0.05) is 24.7 Å². The summed E-state index contributed by atoms with van der Waals surface area (Å²) in [5.41, 5.74) is 3.63. The number of hydrogen-bond acceptors (Lipinski definition) is 6. The number of aromatic nitrogens is 4. The van der Waals surface area contributed by atoms with Crippen molar-refractivity contribution in [1.29, 1.82) is 0 Å². The number of imidazole rings is 1. The Morgan fingerprint density at radius 3 is 2.70 bits per heavy atom. The molecule has 0 aliphatic heterocycles. The second-order valence-electron chi connectivity index (χ2n) is 8.83. The number of anilines is 2. The largest absolute Gasteiger partial charge is 0.392 e. The molecule has 1 saturated carbocycles. The van der Waals surface area contributed by atoms with Gasteiger partial charge in [0.15, 0.2) is 17.0 Å². The summed E-state index contributed by atoms with van der Waals surface area (Å²) in [7, 11) is 1.83. The molecule has 30 heavy (non-hydrogen) atoms. The summed E-state index contributed by atoms with van der Waals surface area (Å²) in [5, 5.41) is 17.2. The third-order valence-electron chi connectivity index (χ3n) is 6.53. The van der Waals surface area contributed by atoms with Gasteiger partial charge in [-0.25, -0.2) is 4.98 Å². The molecule has 4 atom stereocenters. The van der Waals surface area contributed by atoms with Gasteiger partial charge in [0.2, 0.25) is 5.95 Å². The van der Waals surface area contributed by atoms with E-state index in [0.29, 0.717) is 11.8 Å². The van der Waals surface area contributed by atoms with Crippen molar-refractivity contribution in [3.05, 3.63) is 30.8 Å². The molecule has 0 aromatic carbocycles. The van der Waals surface area contributed by atoms with Crippen molar-refractivity contribution < 1.29 is 5.11 Å². The molecule has 2 heterocycles. The minimum Gasteiger partial charge on any atom is -0.392 e. The molecule has 0 bridgehead atoms. The van der Waals surface area contributed by atoms with Gasteiger partial charge < -0.3 is 20.3 Å². The van der Waals surface area contributed by atoms with Crippen molar-refractivity contribution in [2.24, 2.45) is 17.8 Å². The average molecular weight is 413 g/mol. The van der Waals surface area contributed by atoms with E-state index in [-0.39, 0.29) is 29.9 Å². The number of aliphatic hydroxyl groups is 1. The fraction of sp³-hybridized carbons (Fsp3) is 0.609. The highest BCUT2D eigenvalue weighted by Gasteiger charge is 2.41. The Balaban J connectivity index is 1.91. The predicted octanol–water partition coefficient (Wildman–Crippen LogP) is 4.75. The highest BCUT2D eigenvalue weighted by Crippen LogP contribution is 2.43. The molecule has 164 valence electrons. The van der Waals surface area contributed by atoms with E-state index in [2.05, 4.69) is 66.0 Å². The fourth-order valence-electron chi connectivity index (χ4n) is 4.22. The molecule has 2 aromatic heterocycles. The molecule has 3 N–H and O–H groups in total. The van der Waals surface area contributed by atoms with E-state index in [1.54, 1.807) is 0 Å². The zero-order chi connectivity index (χ0) is 22.0. The molecule has 3 rings (SSSR count). The molecule has 7 heteroatoms. The Bertz CT molecular complexity index is 918. The number of nitrogens with zero attached hydrogens (tertiary/aromatic N) is 4. The minimum absolute atomic E-state index is 0.123. The van der Waals surface area contributed by atoms with Crippen molar-refractivity contribution in [1.82, 2.24) is 19.5 Å². The first kappa shape index (κ1) is 22.3. The van der Waals surface area contributed by atoms with Gasteiger partial charge in [-0.3, -0.25) is 0 Å². The summed E-state index contributed by atoms with van der Waals surface area (Å²) in [5.74, 6) is 1.84. The second kappa shape index (κ2) is 9.16. The van der Waals surface area contributed by atoms with Crippen molar-refractivity contribution in [2.75, 3.05) is 17.7 Å². The Kier molecular flexibility index (Phi) is 6.81. The molecule has 7 nitrogen and oxygen atoms in total. The fourth-order valence-corrected chi connectivity index (χ4v) is 4.22. The van der Waals surface area contributed by atoms with Crippen LogP contribution >= 0.6 is 0 Å². The van der Waals surface area contributed by atoms with Gasteiger partial charge in [-0.05, 0) is 37.5 Å². The summed E-state index contributed by atoms with van der Waals surface area (Å²) in [6, 6.07) is 0.144. The van der Waals surface area contributed by atoms with E-state index in [1.165, 1.54) is 5.57 Å². The van der Waals surface area contributed by atoms with E-state index >= 15 is 0 Å². The van der Waals surface area contributed by atoms with E-state index in [1.807, 2.05) is 13.4 Å². The lowest BCUT2D eigenvalue weighted by atomic mass is 9.94. The van der Waals surface area contributed by atoms with Crippen LogP contribution in [0.1, 0.15) is 59.4 Å². The average Bonchev–Trinajstić information content (AvgIpc) is 3.26. The third-order valence-corrected chi connectivity index (χ3v) is 6.53. The zero-order valence-electron chi connectivity index (χ0n) is 18.9. The van der Waals surface area contributed by atoms with Crippen molar-refractivity contribution >= 4 is 22.9 Å². The molecular formula is C23H36N6O. The first-order valence-corrected chi connectivity index (χ1v) is 11.0. The Morgan fingerprint density at radius 1 is 1.33 bits per heavy atom. The topological polar surface area (TPSA) is 87.9 Å². The van der Waals surface area contributed by atoms with Crippen LogP contribution in [-0.4, -0.2) is 37.8 Å². The molecule has 1 aliphatic carbocycles. The molecule has 2 aromatic rings. The molecule has 1 fully saturated rings. The molecule has 0 spiro atoms. The van der Waals surface area contributed by atoms with Crippen LogP contribution in [0.15, 0.2) is 30.8 Å². The lowest BCUT2D eigenvalue weighted by Gasteiger charge is -2.20. The van der Waals surface area contributed by atoms with E-state index in [0.717, 1.165) is 42.5 Å². The summed E-state index contributed by atoms with van der Waals surface area (Å²) in [6.07, 6.45) is 5.35. The van der Waals surface area contributed by atoms with Crippen LogP contribution in [0.2, 0.25) is 0 Å².